The zero-order valence-electron chi connectivity index (χ0n) is 17.3. The number of nitrogens with zero attached hydrogens (tertiary/aromatic N) is 1. The molecule has 1 amide bonds. The van der Waals surface area contributed by atoms with Gasteiger partial charge in [-0.15, -0.1) is 13.2 Å². The molecule has 2 aromatic carbocycles. The summed E-state index contributed by atoms with van der Waals surface area (Å²) in [4.78, 5) is 12.5. The molecule has 0 saturated heterocycles. The Kier molecular flexibility index (Phi) is 6.67. The minimum atomic E-state index is -4.84. The van der Waals surface area contributed by atoms with E-state index in [1.165, 1.54) is 6.92 Å². The maximum absolute atomic E-state index is 12.5. The number of alkyl halides is 3. The summed E-state index contributed by atoms with van der Waals surface area (Å²) in [5.74, 6) is -0.667. The summed E-state index contributed by atoms with van der Waals surface area (Å²) in [5, 5.41) is 22.2. The first-order chi connectivity index (χ1) is 15.0. The largest absolute Gasteiger partial charge is 0.573 e. The Bertz CT molecular complexity index is 1040. The summed E-state index contributed by atoms with van der Waals surface area (Å²) in [5.41, 5.74) is 0.870. The van der Waals surface area contributed by atoms with E-state index in [1.54, 1.807) is 12.1 Å². The van der Waals surface area contributed by atoms with Crippen molar-refractivity contribution in [2.75, 3.05) is 6.61 Å². The Morgan fingerprint density at radius 1 is 1.28 bits per heavy atom. The normalized spacial score (nSPS) is 14.8. The Hall–Kier alpha value is -3.23. The smallest absolute Gasteiger partial charge is 0.490 e. The number of nitrogens with one attached hydrogen (secondary N) is 1. The first-order valence-corrected chi connectivity index (χ1v) is 9.72. The van der Waals surface area contributed by atoms with Crippen molar-refractivity contribution in [1.29, 1.82) is 5.26 Å². The highest BCUT2D eigenvalue weighted by molar-refractivity contribution is 6.62. The van der Waals surface area contributed by atoms with Gasteiger partial charge >= 0.3 is 13.5 Å². The molecule has 1 atom stereocenters. The molecule has 0 bridgehead atoms. The molecule has 3 rings (SSSR count). The molecule has 1 aliphatic rings. The maximum atomic E-state index is 12.5. The lowest BCUT2D eigenvalue weighted by Gasteiger charge is -2.25. The predicted molar refractivity (Wildman–Crippen MR) is 108 cm³/mol. The van der Waals surface area contributed by atoms with Crippen LogP contribution in [0.5, 0.6) is 11.5 Å². The van der Waals surface area contributed by atoms with E-state index < -0.39 is 30.7 Å². The van der Waals surface area contributed by atoms with Crippen LogP contribution in [0.1, 0.15) is 35.3 Å². The number of carbonyl (C=O) groups is 1. The summed E-state index contributed by atoms with van der Waals surface area (Å²) in [6.45, 7) is 3.45. The van der Waals surface area contributed by atoms with Crippen molar-refractivity contribution in [1.82, 2.24) is 5.32 Å². The number of fused-ring (bicyclic) bond motifs is 1. The van der Waals surface area contributed by atoms with Gasteiger partial charge in [0, 0.05) is 5.56 Å². The monoisotopic (exact) mass is 448 g/mol. The lowest BCUT2D eigenvalue weighted by atomic mass is 9.75. The van der Waals surface area contributed by atoms with E-state index in [4.69, 9.17) is 9.39 Å². The van der Waals surface area contributed by atoms with E-state index in [0.717, 1.165) is 35.4 Å². The summed E-state index contributed by atoms with van der Waals surface area (Å²) < 4.78 is 51.6. The third-order valence-electron chi connectivity index (χ3n) is 4.90. The number of halogens is 3. The lowest BCUT2D eigenvalue weighted by Crippen LogP contribution is -2.49. The molecule has 32 heavy (non-hydrogen) atoms. The van der Waals surface area contributed by atoms with Crippen molar-refractivity contribution < 1.29 is 37.1 Å². The summed E-state index contributed by atoms with van der Waals surface area (Å²) in [6.07, 6.45) is -4.28. The molecule has 1 heterocycles. The minimum absolute atomic E-state index is 0.0491. The highest BCUT2D eigenvalue weighted by Gasteiger charge is 2.33. The third kappa shape index (κ3) is 5.33. The molecule has 2 aromatic rings. The van der Waals surface area contributed by atoms with E-state index in [-0.39, 0.29) is 12.2 Å². The maximum Gasteiger partial charge on any atom is 0.573 e. The second-order valence-corrected chi connectivity index (χ2v) is 7.39. The van der Waals surface area contributed by atoms with Crippen LogP contribution in [-0.4, -0.2) is 36.6 Å². The first kappa shape index (κ1) is 23.4. The highest BCUT2D eigenvalue weighted by Crippen LogP contribution is 2.25. The van der Waals surface area contributed by atoms with Crippen LogP contribution in [0, 0.1) is 11.3 Å². The van der Waals surface area contributed by atoms with Crippen molar-refractivity contribution in [2.24, 2.45) is 0 Å². The van der Waals surface area contributed by atoms with Gasteiger partial charge in [0.25, 0.3) is 5.91 Å². The van der Waals surface area contributed by atoms with E-state index in [0.29, 0.717) is 24.2 Å². The molecule has 0 aliphatic carbocycles. The minimum Gasteiger partial charge on any atom is -0.490 e. The fourth-order valence-electron chi connectivity index (χ4n) is 3.33. The molecule has 168 valence electrons. The van der Waals surface area contributed by atoms with Crippen LogP contribution in [-0.2, 0) is 17.7 Å². The molecule has 2 N–H and O–H groups in total. The van der Waals surface area contributed by atoms with Gasteiger partial charge in [0.2, 0.25) is 0 Å². The molecule has 1 aliphatic heterocycles. The molecule has 0 saturated carbocycles. The molecule has 0 spiro atoms. The Morgan fingerprint density at radius 2 is 1.97 bits per heavy atom. The number of nitriles is 1. The second-order valence-electron chi connectivity index (χ2n) is 7.39. The lowest BCUT2D eigenvalue weighted by molar-refractivity contribution is -0.274. The van der Waals surface area contributed by atoms with Crippen molar-refractivity contribution in [3.05, 3.63) is 53.1 Å². The number of ether oxygens (including phenoxy) is 2. The summed E-state index contributed by atoms with van der Waals surface area (Å²) in [7, 11) is -1.05. The number of rotatable bonds is 7. The van der Waals surface area contributed by atoms with Gasteiger partial charge in [0.15, 0.2) is 5.54 Å². The van der Waals surface area contributed by atoms with Crippen LogP contribution in [0.3, 0.4) is 0 Å². The molecule has 11 heteroatoms. The van der Waals surface area contributed by atoms with Gasteiger partial charge in [-0.25, -0.2) is 0 Å². The number of hydrogen-bond acceptors (Lipinski definition) is 6. The molecular weight excluding hydrogens is 428 g/mol. The number of amides is 1. The average molecular weight is 448 g/mol. The zero-order chi connectivity index (χ0) is 23.5. The Morgan fingerprint density at radius 3 is 2.56 bits per heavy atom. The second kappa shape index (κ2) is 9.10. The van der Waals surface area contributed by atoms with Crippen molar-refractivity contribution in [3.8, 4) is 17.6 Å². The quantitative estimate of drug-likeness (QED) is 0.632. The van der Waals surface area contributed by atoms with Crippen LogP contribution >= 0.6 is 0 Å². The van der Waals surface area contributed by atoms with Crippen molar-refractivity contribution in [2.45, 2.75) is 38.8 Å². The van der Waals surface area contributed by atoms with Crippen LogP contribution in [0.4, 0.5) is 13.2 Å². The van der Waals surface area contributed by atoms with Gasteiger partial charge in [-0.2, -0.15) is 5.26 Å². The molecule has 0 aromatic heterocycles. The average Bonchev–Trinajstić information content (AvgIpc) is 3.12. The molecular formula is C21H20BF3N2O5. The SMILES string of the molecule is CCc1c(OCC(C)(C#N)NC(=O)c2ccc(OC(F)(F)F)cc2)ccc2c1B(O)OC2. The standard InChI is InChI=1S/C21H20BF3N2O5/c1-3-16-17(9-6-14-10-31-22(29)18(14)16)30-12-20(2,11-26)27-19(28)13-4-7-15(8-5-13)32-21(23,24)25/h4-9,29H,3,10,12H2,1-2H3,(H,27,28). The first-order valence-electron chi connectivity index (χ1n) is 9.72. The summed E-state index contributed by atoms with van der Waals surface area (Å²) in [6, 6.07) is 9.81. The Balaban J connectivity index is 1.69. The highest BCUT2D eigenvalue weighted by atomic mass is 19.4. The topological polar surface area (TPSA) is 101 Å². The molecule has 0 radical (unpaired) electrons. The van der Waals surface area contributed by atoms with Gasteiger partial charge in [0.05, 0.1) is 12.7 Å². The Labute approximate surface area is 182 Å². The van der Waals surface area contributed by atoms with Crippen molar-refractivity contribution >= 4 is 18.5 Å². The van der Waals surface area contributed by atoms with Crippen molar-refractivity contribution in [3.63, 3.8) is 0 Å². The van der Waals surface area contributed by atoms with Crippen LogP contribution in [0.25, 0.3) is 0 Å². The van der Waals surface area contributed by atoms with Gasteiger partial charge < -0.3 is 24.5 Å². The molecule has 7 nitrogen and oxygen atoms in total. The van der Waals surface area contributed by atoms with Crippen LogP contribution in [0.15, 0.2) is 36.4 Å². The van der Waals surface area contributed by atoms with Crippen LogP contribution < -0.4 is 20.3 Å². The van der Waals surface area contributed by atoms with Gasteiger partial charge in [0.1, 0.15) is 18.1 Å². The fourth-order valence-corrected chi connectivity index (χ4v) is 3.33. The van der Waals surface area contributed by atoms with E-state index >= 15 is 0 Å². The fraction of sp³-hybridized carbons (Fsp3) is 0.333. The predicted octanol–water partition coefficient (Wildman–Crippen LogP) is 2.46. The number of benzene rings is 2. The van der Waals surface area contributed by atoms with Gasteiger partial charge in [-0.1, -0.05) is 13.0 Å². The van der Waals surface area contributed by atoms with E-state index in [2.05, 4.69) is 10.1 Å². The van der Waals surface area contributed by atoms with E-state index in [1.807, 2.05) is 13.0 Å². The third-order valence-corrected chi connectivity index (χ3v) is 4.90. The van der Waals surface area contributed by atoms with Crippen LogP contribution in [0.2, 0.25) is 0 Å². The zero-order valence-corrected chi connectivity index (χ0v) is 17.3. The van der Waals surface area contributed by atoms with E-state index in [9.17, 15) is 28.3 Å². The van der Waals surface area contributed by atoms with Gasteiger partial charge in [-0.05, 0) is 60.3 Å². The number of carbonyl (C=O) groups excluding carboxylic acids is 1. The van der Waals surface area contributed by atoms with Gasteiger partial charge in [-0.3, -0.25) is 4.79 Å². The summed E-state index contributed by atoms with van der Waals surface area (Å²) >= 11 is 0. The number of hydrogen-bond donors (Lipinski definition) is 2. The molecule has 1 unspecified atom stereocenters. The molecule has 0 fully saturated rings.